The van der Waals surface area contributed by atoms with Gasteiger partial charge in [-0.2, -0.15) is 0 Å². The Balaban J connectivity index is 2.82. The Morgan fingerprint density at radius 3 is 2.04 bits per heavy atom. The van der Waals surface area contributed by atoms with Gasteiger partial charge < -0.3 is 21.5 Å². The number of hydrogen-bond donors (Lipinski definition) is 4. The summed E-state index contributed by atoms with van der Waals surface area (Å²) in [7, 11) is 0. The average Bonchev–Trinajstić information content (AvgIpc) is 2.53. The van der Waals surface area contributed by atoms with Gasteiger partial charge in [0, 0.05) is 6.42 Å². The minimum atomic E-state index is -1.13. The number of carboxylic acid groups (broad SMARTS) is 1. The van der Waals surface area contributed by atoms with Crippen LogP contribution in [-0.2, 0) is 20.8 Å². The van der Waals surface area contributed by atoms with Crippen molar-refractivity contribution in [3.05, 3.63) is 35.9 Å². The van der Waals surface area contributed by atoms with Gasteiger partial charge >= 0.3 is 5.97 Å². The minimum Gasteiger partial charge on any atom is -0.480 e. The van der Waals surface area contributed by atoms with Crippen LogP contribution < -0.4 is 16.4 Å². The number of carboxylic acids is 1. The molecule has 1 aromatic carbocycles. The van der Waals surface area contributed by atoms with Gasteiger partial charge in [0.1, 0.15) is 12.1 Å². The highest BCUT2D eigenvalue weighted by Crippen LogP contribution is 2.08. The highest BCUT2D eigenvalue weighted by molar-refractivity contribution is 5.91. The first-order valence-electron chi connectivity index (χ1n) is 8.33. The number of benzene rings is 1. The number of nitrogens with one attached hydrogen (secondary N) is 2. The van der Waals surface area contributed by atoms with E-state index in [-0.39, 0.29) is 12.3 Å². The maximum Gasteiger partial charge on any atom is 0.326 e. The topological polar surface area (TPSA) is 122 Å². The molecular formula is C18H27N3O4. The van der Waals surface area contributed by atoms with Gasteiger partial charge in [-0.3, -0.25) is 9.59 Å². The summed E-state index contributed by atoms with van der Waals surface area (Å²) in [4.78, 5) is 35.8. The Hall–Kier alpha value is -2.41. The van der Waals surface area contributed by atoms with Crippen LogP contribution in [0.5, 0.6) is 0 Å². The van der Waals surface area contributed by atoms with Gasteiger partial charge in [-0.25, -0.2) is 4.79 Å². The number of hydrogen-bond acceptors (Lipinski definition) is 4. The largest absolute Gasteiger partial charge is 0.480 e. The van der Waals surface area contributed by atoms with Crippen molar-refractivity contribution >= 4 is 17.8 Å². The lowest BCUT2D eigenvalue weighted by atomic mass is 10.0. The molecule has 0 spiro atoms. The Morgan fingerprint density at radius 1 is 1.00 bits per heavy atom. The van der Waals surface area contributed by atoms with Crippen molar-refractivity contribution in [3.8, 4) is 0 Å². The molecule has 5 N–H and O–H groups in total. The van der Waals surface area contributed by atoms with E-state index >= 15 is 0 Å². The third-order valence-electron chi connectivity index (χ3n) is 3.65. The molecule has 0 bridgehead atoms. The third kappa shape index (κ3) is 7.34. The van der Waals surface area contributed by atoms with Gasteiger partial charge in [-0.15, -0.1) is 0 Å². The van der Waals surface area contributed by atoms with E-state index in [2.05, 4.69) is 10.6 Å². The number of nitrogens with two attached hydrogens (primary N) is 1. The van der Waals surface area contributed by atoms with Crippen LogP contribution in [0.1, 0.15) is 32.8 Å². The van der Waals surface area contributed by atoms with Crippen molar-refractivity contribution in [2.75, 3.05) is 0 Å². The molecule has 25 heavy (non-hydrogen) atoms. The first-order valence-corrected chi connectivity index (χ1v) is 8.33. The summed E-state index contributed by atoms with van der Waals surface area (Å²) in [5.41, 5.74) is 6.33. The molecule has 0 radical (unpaired) electrons. The quantitative estimate of drug-likeness (QED) is 0.522. The number of aliphatic carboxylic acids is 1. The summed E-state index contributed by atoms with van der Waals surface area (Å²) in [6.07, 6.45) is 0.555. The molecule has 7 nitrogen and oxygen atoms in total. The van der Waals surface area contributed by atoms with E-state index in [0.29, 0.717) is 6.42 Å². The van der Waals surface area contributed by atoms with E-state index in [9.17, 15) is 19.5 Å². The second-order valence-corrected chi connectivity index (χ2v) is 6.57. The lowest BCUT2D eigenvalue weighted by molar-refractivity contribution is -0.142. The van der Waals surface area contributed by atoms with Crippen LogP contribution in [0.2, 0.25) is 0 Å². The van der Waals surface area contributed by atoms with Gasteiger partial charge in [0.25, 0.3) is 0 Å². The first-order chi connectivity index (χ1) is 11.7. The molecule has 138 valence electrons. The highest BCUT2D eigenvalue weighted by Gasteiger charge is 2.27. The third-order valence-corrected chi connectivity index (χ3v) is 3.65. The van der Waals surface area contributed by atoms with Crippen LogP contribution in [0.15, 0.2) is 30.3 Å². The normalized spacial score (nSPS) is 14.4. The Morgan fingerprint density at radius 2 is 1.56 bits per heavy atom. The Kier molecular flexibility index (Phi) is 8.07. The van der Waals surface area contributed by atoms with Gasteiger partial charge in [0.2, 0.25) is 11.8 Å². The molecule has 2 amide bonds. The van der Waals surface area contributed by atoms with Gasteiger partial charge in [-0.05, 0) is 24.8 Å². The van der Waals surface area contributed by atoms with E-state index in [1.54, 1.807) is 24.3 Å². The summed E-state index contributed by atoms with van der Waals surface area (Å²) < 4.78 is 0. The second-order valence-electron chi connectivity index (χ2n) is 6.57. The summed E-state index contributed by atoms with van der Waals surface area (Å²) in [5, 5.41) is 14.5. The van der Waals surface area contributed by atoms with Gasteiger partial charge in [0.05, 0.1) is 6.04 Å². The molecule has 0 aromatic heterocycles. The van der Waals surface area contributed by atoms with Crippen LogP contribution in [0.25, 0.3) is 0 Å². The van der Waals surface area contributed by atoms with E-state index in [0.717, 1.165) is 5.56 Å². The molecule has 0 aliphatic carbocycles. The Labute approximate surface area is 148 Å². The average molecular weight is 349 g/mol. The summed E-state index contributed by atoms with van der Waals surface area (Å²) in [6.45, 7) is 5.35. The maximum absolute atomic E-state index is 12.5. The predicted molar refractivity (Wildman–Crippen MR) is 94.7 cm³/mol. The zero-order valence-corrected chi connectivity index (χ0v) is 14.9. The van der Waals surface area contributed by atoms with Crippen LogP contribution in [-0.4, -0.2) is 41.0 Å². The molecule has 0 fully saturated rings. The van der Waals surface area contributed by atoms with Crippen molar-refractivity contribution < 1.29 is 19.5 Å². The number of rotatable bonds is 9. The molecule has 7 heteroatoms. The molecule has 1 aromatic rings. The lowest BCUT2D eigenvalue weighted by Gasteiger charge is -2.23. The Bertz CT molecular complexity index is 587. The molecule has 0 unspecified atom stereocenters. The SMILES string of the molecule is CC(C)C[C@H](NC(=O)[C@@H](C)N)C(=O)N[C@@H](Cc1ccccc1)C(=O)O. The van der Waals surface area contributed by atoms with Crippen LogP contribution in [0.4, 0.5) is 0 Å². The predicted octanol–water partition coefficient (Wildman–Crippen LogP) is 0.677. The molecular weight excluding hydrogens is 322 g/mol. The van der Waals surface area contributed by atoms with Crippen molar-refractivity contribution in [1.29, 1.82) is 0 Å². The number of amides is 2. The molecule has 0 saturated carbocycles. The van der Waals surface area contributed by atoms with Crippen molar-refractivity contribution in [3.63, 3.8) is 0 Å². The molecule has 0 aliphatic heterocycles. The fourth-order valence-electron chi connectivity index (χ4n) is 2.33. The molecule has 0 saturated heterocycles. The molecule has 3 atom stereocenters. The second kappa shape index (κ2) is 9.78. The summed E-state index contributed by atoms with van der Waals surface area (Å²) in [6, 6.07) is 6.40. The molecule has 0 aliphatic rings. The van der Waals surface area contributed by atoms with Crippen molar-refractivity contribution in [2.45, 2.75) is 51.7 Å². The van der Waals surface area contributed by atoms with Crippen LogP contribution >= 0.6 is 0 Å². The van der Waals surface area contributed by atoms with Gasteiger partial charge in [-0.1, -0.05) is 44.2 Å². The zero-order valence-electron chi connectivity index (χ0n) is 14.9. The molecule has 1 rings (SSSR count). The summed E-state index contributed by atoms with van der Waals surface area (Å²) in [5.74, 6) is -1.96. The zero-order chi connectivity index (χ0) is 19.0. The number of carbonyl (C=O) groups is 3. The first kappa shape index (κ1) is 20.6. The van der Waals surface area contributed by atoms with Crippen molar-refractivity contribution in [1.82, 2.24) is 10.6 Å². The fourth-order valence-corrected chi connectivity index (χ4v) is 2.33. The highest BCUT2D eigenvalue weighted by atomic mass is 16.4. The van der Waals surface area contributed by atoms with Crippen LogP contribution in [0.3, 0.4) is 0 Å². The van der Waals surface area contributed by atoms with Crippen molar-refractivity contribution in [2.24, 2.45) is 11.7 Å². The minimum absolute atomic E-state index is 0.140. The summed E-state index contributed by atoms with van der Waals surface area (Å²) >= 11 is 0. The van der Waals surface area contributed by atoms with E-state index in [4.69, 9.17) is 5.73 Å². The lowest BCUT2D eigenvalue weighted by Crippen LogP contribution is -2.54. The molecule has 0 heterocycles. The smallest absolute Gasteiger partial charge is 0.326 e. The standard InChI is InChI=1S/C18H27N3O4/c1-11(2)9-14(20-16(22)12(3)19)17(23)21-15(18(24)25)10-13-7-5-4-6-8-13/h4-8,11-12,14-15H,9-10,19H2,1-3H3,(H,20,22)(H,21,23)(H,24,25)/t12-,14+,15+/m1/s1. The monoisotopic (exact) mass is 349 g/mol. The van der Waals surface area contributed by atoms with Gasteiger partial charge in [0.15, 0.2) is 0 Å². The van der Waals surface area contributed by atoms with E-state index < -0.39 is 35.9 Å². The van der Waals surface area contributed by atoms with E-state index in [1.807, 2.05) is 19.9 Å². The van der Waals surface area contributed by atoms with Crippen LogP contribution in [0, 0.1) is 5.92 Å². The van der Waals surface area contributed by atoms with E-state index in [1.165, 1.54) is 6.92 Å². The number of carbonyl (C=O) groups excluding carboxylic acids is 2. The fraction of sp³-hybridized carbons (Fsp3) is 0.500. The maximum atomic E-state index is 12.5.